The van der Waals surface area contributed by atoms with Gasteiger partial charge >= 0.3 is 6.03 Å². The lowest BCUT2D eigenvalue weighted by molar-refractivity contribution is 0.0485. The number of benzene rings is 1. The quantitative estimate of drug-likeness (QED) is 0.758. The van der Waals surface area contributed by atoms with Crippen molar-refractivity contribution >= 4 is 34.6 Å². The fraction of sp³-hybridized carbons (Fsp3) is 0.125. The van der Waals surface area contributed by atoms with E-state index in [1.165, 1.54) is 7.05 Å². The molecule has 1 aliphatic heterocycles. The highest BCUT2D eigenvalue weighted by Gasteiger charge is 2.36. The molecule has 1 heterocycles. The summed E-state index contributed by atoms with van der Waals surface area (Å²) in [6.07, 6.45) is 0. The van der Waals surface area contributed by atoms with Crippen molar-refractivity contribution in [1.82, 2.24) is 5.06 Å². The van der Waals surface area contributed by atoms with E-state index in [2.05, 4.69) is 0 Å². The number of hydrogen-bond acceptors (Lipinski definition) is 3. The summed E-state index contributed by atoms with van der Waals surface area (Å²) in [7, 11) is 1.39. The zero-order chi connectivity index (χ0) is 11.0. The maximum absolute atomic E-state index is 11.5. The minimum Gasteiger partial charge on any atom is -0.244 e. The third kappa shape index (κ3) is 1.83. The summed E-state index contributed by atoms with van der Waals surface area (Å²) < 4.78 is 17.2. The van der Waals surface area contributed by atoms with Crippen LogP contribution in [0.5, 0.6) is 0 Å². The van der Waals surface area contributed by atoms with Crippen LogP contribution in [0, 0.1) is 0 Å². The van der Waals surface area contributed by atoms with Crippen molar-refractivity contribution in [2.45, 2.75) is 0 Å². The van der Waals surface area contributed by atoms with Crippen molar-refractivity contribution in [1.29, 1.82) is 0 Å². The summed E-state index contributed by atoms with van der Waals surface area (Å²) in [5.41, 5.74) is 0.440. The number of carbonyl (C=O) groups excluding carboxylic acids is 1. The van der Waals surface area contributed by atoms with E-state index in [-0.39, 0.29) is 0 Å². The van der Waals surface area contributed by atoms with Gasteiger partial charge in [0.05, 0.1) is 5.69 Å². The van der Waals surface area contributed by atoms with E-state index in [1.54, 1.807) is 24.3 Å². The van der Waals surface area contributed by atoms with Gasteiger partial charge in [-0.05, 0) is 18.2 Å². The van der Waals surface area contributed by atoms with Gasteiger partial charge in [0, 0.05) is 12.1 Å². The highest BCUT2D eigenvalue weighted by Crippen LogP contribution is 2.25. The van der Waals surface area contributed by atoms with Crippen LogP contribution in [0.25, 0.3) is 0 Å². The normalized spacial score (nSPS) is 21.2. The molecule has 0 aromatic heterocycles. The van der Waals surface area contributed by atoms with Crippen molar-refractivity contribution in [3.8, 4) is 0 Å². The maximum atomic E-state index is 11.5. The zero-order valence-corrected chi connectivity index (χ0v) is 9.29. The second kappa shape index (κ2) is 3.80. The number of anilines is 1. The van der Waals surface area contributed by atoms with E-state index in [1.807, 2.05) is 0 Å². The second-order valence-corrected chi connectivity index (χ2v) is 4.23. The molecule has 0 N–H and O–H groups in total. The smallest absolute Gasteiger partial charge is 0.244 e. The van der Waals surface area contributed by atoms with Crippen LogP contribution < -0.4 is 4.31 Å². The highest BCUT2D eigenvalue weighted by atomic mass is 35.5. The number of amides is 2. The Morgan fingerprint density at radius 1 is 1.47 bits per heavy atom. The number of hydroxylamine groups is 2. The third-order valence-electron chi connectivity index (χ3n) is 1.81. The fourth-order valence-electron chi connectivity index (χ4n) is 1.15. The van der Waals surface area contributed by atoms with E-state index in [0.29, 0.717) is 10.7 Å². The van der Waals surface area contributed by atoms with Gasteiger partial charge in [0.25, 0.3) is 11.3 Å². The molecule has 80 valence electrons. The van der Waals surface area contributed by atoms with Crippen molar-refractivity contribution in [2.75, 3.05) is 11.4 Å². The minimum absolute atomic E-state index is 0.440. The first-order valence-electron chi connectivity index (χ1n) is 4.03. The van der Waals surface area contributed by atoms with Crippen LogP contribution in [0.4, 0.5) is 10.5 Å². The average molecular weight is 247 g/mol. The van der Waals surface area contributed by atoms with Gasteiger partial charge in [0.1, 0.15) is 0 Å². The average Bonchev–Trinajstić information content (AvgIpc) is 2.41. The SMILES string of the molecule is CN1OS(=O)N(c2cccc(Cl)c2)C1=O. The topological polar surface area (TPSA) is 49.9 Å². The van der Waals surface area contributed by atoms with E-state index < -0.39 is 17.3 Å². The first-order valence-corrected chi connectivity index (χ1v) is 5.44. The fourth-order valence-corrected chi connectivity index (χ4v) is 2.19. The maximum Gasteiger partial charge on any atom is 0.363 e. The predicted molar refractivity (Wildman–Crippen MR) is 56.3 cm³/mol. The third-order valence-corrected chi connectivity index (χ3v) is 3.06. The molecule has 0 aliphatic carbocycles. The van der Waals surface area contributed by atoms with Crippen LogP contribution in [0.1, 0.15) is 0 Å². The number of carbonyl (C=O) groups is 1. The molecule has 0 spiro atoms. The number of nitrogens with zero attached hydrogens (tertiary/aromatic N) is 2. The molecule has 7 heteroatoms. The van der Waals surface area contributed by atoms with Crippen LogP contribution in [0.15, 0.2) is 24.3 Å². The Kier molecular flexibility index (Phi) is 2.64. The number of hydrogen-bond donors (Lipinski definition) is 0. The minimum atomic E-state index is -1.83. The Bertz CT molecular complexity index is 440. The highest BCUT2D eigenvalue weighted by molar-refractivity contribution is 7.83. The van der Waals surface area contributed by atoms with Crippen molar-refractivity contribution in [3.63, 3.8) is 0 Å². The van der Waals surface area contributed by atoms with Crippen LogP contribution in [-0.2, 0) is 15.6 Å². The van der Waals surface area contributed by atoms with Gasteiger partial charge in [-0.25, -0.2) is 9.00 Å². The molecule has 0 saturated carbocycles. The molecule has 1 saturated heterocycles. The lowest BCUT2D eigenvalue weighted by Gasteiger charge is -2.10. The molecule has 1 fully saturated rings. The molecule has 2 amide bonds. The Balaban J connectivity index is 2.39. The number of halogens is 1. The van der Waals surface area contributed by atoms with Gasteiger partial charge in [-0.1, -0.05) is 17.7 Å². The summed E-state index contributed by atoms with van der Waals surface area (Å²) in [5, 5.41) is 1.38. The van der Waals surface area contributed by atoms with E-state index in [0.717, 1.165) is 9.37 Å². The van der Waals surface area contributed by atoms with Crippen LogP contribution in [0.3, 0.4) is 0 Å². The van der Waals surface area contributed by atoms with Gasteiger partial charge < -0.3 is 0 Å². The van der Waals surface area contributed by atoms with Gasteiger partial charge in [0.2, 0.25) is 0 Å². The number of urea groups is 1. The monoisotopic (exact) mass is 246 g/mol. The standard InChI is InChI=1S/C8H7ClN2O3S/c1-10-8(12)11(15(13)14-10)7-4-2-3-6(9)5-7/h2-5H,1H3. The molecule has 1 aliphatic rings. The Labute approximate surface area is 93.9 Å². The first-order chi connectivity index (χ1) is 7.09. The summed E-state index contributed by atoms with van der Waals surface area (Å²) in [6.45, 7) is 0. The molecule has 1 atom stereocenters. The van der Waals surface area contributed by atoms with E-state index in [4.69, 9.17) is 15.9 Å². The van der Waals surface area contributed by atoms with Gasteiger partial charge in [-0.15, -0.1) is 4.28 Å². The second-order valence-electron chi connectivity index (χ2n) is 2.85. The molecule has 2 rings (SSSR count). The van der Waals surface area contributed by atoms with Crippen molar-refractivity contribution in [2.24, 2.45) is 0 Å². The van der Waals surface area contributed by atoms with Crippen molar-refractivity contribution < 1.29 is 13.3 Å². The predicted octanol–water partition coefficient (Wildman–Crippen LogP) is 1.72. The Morgan fingerprint density at radius 3 is 2.73 bits per heavy atom. The Morgan fingerprint density at radius 2 is 2.20 bits per heavy atom. The molecule has 0 bridgehead atoms. The summed E-state index contributed by atoms with van der Waals surface area (Å²) in [6, 6.07) is 6.01. The molecule has 0 radical (unpaired) electrons. The zero-order valence-electron chi connectivity index (χ0n) is 7.71. The van der Waals surface area contributed by atoms with Crippen LogP contribution in [0.2, 0.25) is 5.02 Å². The molecular formula is C8H7ClN2O3S. The largest absolute Gasteiger partial charge is 0.363 e. The summed E-state index contributed by atoms with van der Waals surface area (Å²) in [4.78, 5) is 11.5. The van der Waals surface area contributed by atoms with Gasteiger partial charge in [-0.3, -0.25) is 0 Å². The molecular weight excluding hydrogens is 240 g/mol. The van der Waals surface area contributed by atoms with Gasteiger partial charge in [-0.2, -0.15) is 9.37 Å². The van der Waals surface area contributed by atoms with E-state index in [9.17, 15) is 9.00 Å². The molecule has 15 heavy (non-hydrogen) atoms. The lowest BCUT2D eigenvalue weighted by Crippen LogP contribution is -2.29. The summed E-state index contributed by atoms with van der Waals surface area (Å²) in [5.74, 6) is 0. The van der Waals surface area contributed by atoms with Crippen LogP contribution in [-0.4, -0.2) is 22.4 Å². The molecule has 5 nitrogen and oxygen atoms in total. The molecule has 1 unspecified atom stereocenters. The van der Waals surface area contributed by atoms with Crippen molar-refractivity contribution in [3.05, 3.63) is 29.3 Å². The molecule has 1 aromatic carbocycles. The van der Waals surface area contributed by atoms with Gasteiger partial charge in [0.15, 0.2) is 0 Å². The first kappa shape index (κ1) is 10.4. The lowest BCUT2D eigenvalue weighted by atomic mass is 10.3. The van der Waals surface area contributed by atoms with Crippen LogP contribution >= 0.6 is 11.6 Å². The number of rotatable bonds is 1. The summed E-state index contributed by atoms with van der Waals surface area (Å²) >= 11 is 3.93. The van der Waals surface area contributed by atoms with E-state index >= 15 is 0 Å². The molecule has 1 aromatic rings. The Hall–Kier alpha value is -1.11.